The first kappa shape index (κ1) is 21.4. The van der Waals surface area contributed by atoms with Crippen molar-refractivity contribution < 1.29 is 19.1 Å². The summed E-state index contributed by atoms with van der Waals surface area (Å²) < 4.78 is 13.0. The van der Waals surface area contributed by atoms with Gasteiger partial charge >= 0.3 is 0 Å². The molecule has 5 nitrogen and oxygen atoms in total. The van der Waals surface area contributed by atoms with E-state index in [2.05, 4.69) is 45.2 Å². The minimum absolute atomic E-state index is 0.262. The molecule has 0 N–H and O–H groups in total. The number of rotatable bonds is 6. The summed E-state index contributed by atoms with van der Waals surface area (Å²) >= 11 is 5.35. The first-order valence-electron chi connectivity index (χ1n) is 8.43. The largest absolute Gasteiger partial charge is 0.493 e. The van der Waals surface area contributed by atoms with Crippen molar-refractivity contribution in [2.75, 3.05) is 13.7 Å². The highest BCUT2D eigenvalue weighted by Gasteiger charge is 2.35. The predicted molar refractivity (Wildman–Crippen MR) is 128 cm³/mol. The Balaban J connectivity index is 1.85. The molecule has 2 amide bonds. The predicted octanol–water partition coefficient (Wildman–Crippen LogP) is 5.54. The van der Waals surface area contributed by atoms with E-state index in [0.717, 1.165) is 30.0 Å². The second kappa shape index (κ2) is 9.49. The smallest absolute Gasteiger partial charge is 0.293 e. The molecule has 146 valence electrons. The summed E-state index contributed by atoms with van der Waals surface area (Å²) in [6, 6.07) is 11.5. The molecule has 1 fully saturated rings. The maximum atomic E-state index is 12.8. The molecular weight excluding hydrogens is 604 g/mol. The molecule has 8 heteroatoms. The van der Waals surface area contributed by atoms with Gasteiger partial charge in [-0.1, -0.05) is 12.1 Å². The van der Waals surface area contributed by atoms with Crippen LogP contribution in [0.3, 0.4) is 0 Å². The Hall–Kier alpha value is -1.27. The maximum absolute atomic E-state index is 12.8. The van der Waals surface area contributed by atoms with Crippen LogP contribution in [0.1, 0.15) is 18.1 Å². The van der Waals surface area contributed by atoms with Crippen LogP contribution in [0.2, 0.25) is 0 Å². The van der Waals surface area contributed by atoms with Crippen LogP contribution in [0.4, 0.5) is 4.79 Å². The van der Waals surface area contributed by atoms with Gasteiger partial charge in [-0.25, -0.2) is 0 Å². The average Bonchev–Trinajstić information content (AvgIpc) is 2.92. The van der Waals surface area contributed by atoms with E-state index in [9.17, 15) is 9.59 Å². The maximum Gasteiger partial charge on any atom is 0.293 e. The molecule has 0 aromatic heterocycles. The molecule has 0 radical (unpaired) electrons. The van der Waals surface area contributed by atoms with E-state index in [1.165, 1.54) is 4.90 Å². The van der Waals surface area contributed by atoms with Gasteiger partial charge in [0.2, 0.25) is 0 Å². The van der Waals surface area contributed by atoms with Gasteiger partial charge in [0.1, 0.15) is 0 Å². The second-order valence-corrected chi connectivity index (χ2v) is 9.26. The van der Waals surface area contributed by atoms with E-state index in [0.29, 0.717) is 23.0 Å². The molecule has 0 bridgehead atoms. The zero-order chi connectivity index (χ0) is 20.3. The Morgan fingerprint density at radius 1 is 1.14 bits per heavy atom. The Morgan fingerprint density at radius 3 is 2.50 bits per heavy atom. The molecule has 3 rings (SSSR count). The van der Waals surface area contributed by atoms with Crippen molar-refractivity contribution in [3.05, 3.63) is 59.6 Å². The third kappa shape index (κ3) is 4.82. The molecule has 0 aliphatic carbocycles. The van der Waals surface area contributed by atoms with Crippen molar-refractivity contribution in [2.24, 2.45) is 0 Å². The number of ether oxygens (including phenoxy) is 2. The zero-order valence-corrected chi connectivity index (χ0v) is 20.3. The summed E-state index contributed by atoms with van der Waals surface area (Å²) in [5.41, 5.74) is 1.70. The number of carbonyl (C=O) groups excluding carboxylic acids is 2. The fourth-order valence-electron chi connectivity index (χ4n) is 2.67. The lowest BCUT2D eigenvalue weighted by Gasteiger charge is -2.13. The highest BCUT2D eigenvalue weighted by molar-refractivity contribution is 14.1. The summed E-state index contributed by atoms with van der Waals surface area (Å²) in [6.45, 7) is 2.71. The van der Waals surface area contributed by atoms with Crippen LogP contribution in [0.15, 0.2) is 41.3 Å². The third-order valence-electron chi connectivity index (χ3n) is 3.97. The van der Waals surface area contributed by atoms with Crippen LogP contribution in [0.25, 0.3) is 6.08 Å². The van der Waals surface area contributed by atoms with Crippen LogP contribution < -0.4 is 9.47 Å². The van der Waals surface area contributed by atoms with Crippen LogP contribution >= 0.6 is 56.9 Å². The number of hydrogen-bond acceptors (Lipinski definition) is 5. The topological polar surface area (TPSA) is 55.8 Å². The van der Waals surface area contributed by atoms with E-state index in [1.54, 1.807) is 19.3 Å². The molecule has 2 aromatic carbocycles. The molecule has 1 heterocycles. The Labute approximate surface area is 195 Å². The van der Waals surface area contributed by atoms with Crippen molar-refractivity contribution in [1.29, 1.82) is 0 Å². The summed E-state index contributed by atoms with van der Waals surface area (Å²) in [6.07, 6.45) is 1.72. The number of amides is 2. The van der Waals surface area contributed by atoms with Gasteiger partial charge in [0.15, 0.2) is 11.5 Å². The minimum atomic E-state index is -0.281. The first-order valence-corrected chi connectivity index (χ1v) is 11.4. The summed E-state index contributed by atoms with van der Waals surface area (Å²) in [7, 11) is 1.58. The average molecular weight is 621 g/mol. The fraction of sp³-hybridized carbons (Fsp3) is 0.200. The highest BCUT2D eigenvalue weighted by atomic mass is 127. The number of halogens is 2. The summed E-state index contributed by atoms with van der Waals surface area (Å²) in [5.74, 6) is 0.990. The number of benzene rings is 2. The summed E-state index contributed by atoms with van der Waals surface area (Å²) in [5, 5.41) is -0.262. The second-order valence-electron chi connectivity index (χ2n) is 5.86. The van der Waals surface area contributed by atoms with Gasteiger partial charge in [-0.2, -0.15) is 0 Å². The normalized spacial score (nSPS) is 15.4. The minimum Gasteiger partial charge on any atom is -0.493 e. The van der Waals surface area contributed by atoms with Gasteiger partial charge in [0, 0.05) is 3.57 Å². The van der Waals surface area contributed by atoms with Gasteiger partial charge in [0.05, 0.1) is 28.7 Å². The van der Waals surface area contributed by atoms with Gasteiger partial charge in [-0.3, -0.25) is 14.5 Å². The molecule has 0 unspecified atom stereocenters. The van der Waals surface area contributed by atoms with E-state index >= 15 is 0 Å². The molecule has 1 aliphatic rings. The molecule has 28 heavy (non-hydrogen) atoms. The number of imide groups is 1. The Morgan fingerprint density at radius 2 is 1.86 bits per heavy atom. The Bertz CT molecular complexity index is 944. The molecule has 0 spiro atoms. The zero-order valence-electron chi connectivity index (χ0n) is 15.2. The highest BCUT2D eigenvalue weighted by Crippen LogP contribution is 2.37. The molecule has 2 aromatic rings. The standard InChI is InChI=1S/C20H17I2NO4S/c1-3-27-18-15(22)8-13(9-16(18)26-2)10-17-19(24)23(20(25)28-17)11-12-4-6-14(21)7-5-12/h4-10H,3,11H2,1-2H3/b17-10+. The lowest BCUT2D eigenvalue weighted by atomic mass is 10.1. The van der Waals surface area contributed by atoms with E-state index in [4.69, 9.17) is 9.47 Å². The Kier molecular flexibility index (Phi) is 7.26. The van der Waals surface area contributed by atoms with Gasteiger partial charge < -0.3 is 9.47 Å². The van der Waals surface area contributed by atoms with Crippen molar-refractivity contribution in [1.82, 2.24) is 4.90 Å². The molecule has 0 saturated carbocycles. The summed E-state index contributed by atoms with van der Waals surface area (Å²) in [4.78, 5) is 26.8. The lowest BCUT2D eigenvalue weighted by Crippen LogP contribution is -2.27. The van der Waals surface area contributed by atoms with Crippen molar-refractivity contribution in [3.63, 3.8) is 0 Å². The van der Waals surface area contributed by atoms with Crippen molar-refractivity contribution >= 4 is 74.2 Å². The van der Waals surface area contributed by atoms with Crippen LogP contribution in [-0.4, -0.2) is 29.8 Å². The van der Waals surface area contributed by atoms with Gasteiger partial charge in [0.25, 0.3) is 11.1 Å². The number of hydrogen-bond donors (Lipinski definition) is 0. The van der Waals surface area contributed by atoms with E-state index in [-0.39, 0.29) is 17.7 Å². The van der Waals surface area contributed by atoms with Gasteiger partial charge in [-0.05, 0) is 105 Å². The number of carbonyl (C=O) groups is 2. The fourth-order valence-corrected chi connectivity index (χ4v) is 4.65. The van der Waals surface area contributed by atoms with Crippen LogP contribution in [0, 0.1) is 7.14 Å². The number of methoxy groups -OCH3 is 1. The van der Waals surface area contributed by atoms with E-state index in [1.807, 2.05) is 37.3 Å². The number of nitrogens with zero attached hydrogens (tertiary/aromatic N) is 1. The van der Waals surface area contributed by atoms with Crippen LogP contribution in [-0.2, 0) is 11.3 Å². The monoisotopic (exact) mass is 621 g/mol. The molecule has 1 saturated heterocycles. The third-order valence-corrected chi connectivity index (χ3v) is 6.39. The molecular formula is C20H17I2NO4S. The molecule has 0 atom stereocenters. The van der Waals surface area contributed by atoms with Gasteiger partial charge in [-0.15, -0.1) is 0 Å². The quantitative estimate of drug-likeness (QED) is 0.314. The lowest BCUT2D eigenvalue weighted by molar-refractivity contribution is -0.123. The van der Waals surface area contributed by atoms with Crippen molar-refractivity contribution in [2.45, 2.75) is 13.5 Å². The van der Waals surface area contributed by atoms with E-state index < -0.39 is 0 Å². The number of thioether (sulfide) groups is 1. The van der Waals surface area contributed by atoms with Crippen molar-refractivity contribution in [3.8, 4) is 11.5 Å². The first-order chi connectivity index (χ1) is 13.4. The SMILES string of the molecule is CCOc1c(I)cc(/C=C2/SC(=O)N(Cc3ccc(I)cc3)C2=O)cc1OC. The van der Waals surface area contributed by atoms with Crippen LogP contribution in [0.5, 0.6) is 11.5 Å². The molecule has 1 aliphatic heterocycles.